The molecule has 0 fully saturated rings. The summed E-state index contributed by atoms with van der Waals surface area (Å²) in [6, 6.07) is 1.17. The van der Waals surface area contributed by atoms with Gasteiger partial charge in [0.2, 0.25) is 0 Å². The Bertz CT molecular complexity index is 332. The number of rotatable bonds is 9. The normalized spacial score (nSPS) is 14.1. The largest absolute Gasteiger partial charge is 0.379 e. The van der Waals surface area contributed by atoms with Crippen molar-refractivity contribution in [3.8, 4) is 0 Å². The molecule has 0 saturated carbocycles. The van der Waals surface area contributed by atoms with E-state index in [-0.39, 0.29) is 35.5 Å². The number of ether oxygens (including phenoxy) is 1. The van der Waals surface area contributed by atoms with Crippen molar-refractivity contribution in [1.29, 1.82) is 0 Å². The van der Waals surface area contributed by atoms with Gasteiger partial charge in [0.25, 0.3) is 0 Å². The zero-order valence-electron chi connectivity index (χ0n) is 17.3. The van der Waals surface area contributed by atoms with E-state index in [1.165, 1.54) is 0 Å². The first-order valence-electron chi connectivity index (χ1n) is 8.86. The lowest BCUT2D eigenvalue weighted by atomic mass is 9.89. The molecular formula is C18H41IN4O. The molecule has 1 atom stereocenters. The molecule has 0 aromatic heterocycles. The van der Waals surface area contributed by atoms with Crippen LogP contribution in [0.25, 0.3) is 0 Å². The quantitative estimate of drug-likeness (QED) is 0.242. The predicted molar refractivity (Wildman–Crippen MR) is 117 cm³/mol. The van der Waals surface area contributed by atoms with Crippen molar-refractivity contribution in [2.45, 2.75) is 73.1 Å². The first kappa shape index (κ1) is 26.2. The Morgan fingerprint density at radius 1 is 1.08 bits per heavy atom. The van der Waals surface area contributed by atoms with E-state index in [0.29, 0.717) is 12.1 Å². The fourth-order valence-electron chi connectivity index (χ4n) is 2.73. The minimum absolute atomic E-state index is 0. The van der Waals surface area contributed by atoms with Gasteiger partial charge in [-0.15, -0.1) is 24.0 Å². The highest BCUT2D eigenvalue weighted by Crippen LogP contribution is 2.20. The van der Waals surface area contributed by atoms with Gasteiger partial charge in [0.05, 0.1) is 6.10 Å². The fraction of sp³-hybridized carbons (Fsp3) is 0.944. The second kappa shape index (κ2) is 13.2. The fourth-order valence-corrected chi connectivity index (χ4v) is 2.73. The molecule has 0 heterocycles. The smallest absolute Gasteiger partial charge is 0.191 e. The van der Waals surface area contributed by atoms with Gasteiger partial charge in [-0.2, -0.15) is 0 Å². The van der Waals surface area contributed by atoms with E-state index < -0.39 is 0 Å². The van der Waals surface area contributed by atoms with Gasteiger partial charge in [0, 0.05) is 45.9 Å². The molecule has 0 rings (SSSR count). The Labute approximate surface area is 167 Å². The van der Waals surface area contributed by atoms with E-state index in [2.05, 4.69) is 69.0 Å². The molecule has 0 aliphatic carbocycles. The van der Waals surface area contributed by atoms with Gasteiger partial charge in [0.1, 0.15) is 0 Å². The van der Waals surface area contributed by atoms with Gasteiger partial charge >= 0.3 is 0 Å². The van der Waals surface area contributed by atoms with E-state index in [9.17, 15) is 0 Å². The van der Waals surface area contributed by atoms with Crippen LogP contribution in [0, 0.1) is 5.41 Å². The van der Waals surface area contributed by atoms with Crippen LogP contribution in [0.2, 0.25) is 0 Å². The maximum atomic E-state index is 5.57. The van der Waals surface area contributed by atoms with Gasteiger partial charge < -0.3 is 15.4 Å². The molecule has 0 aliphatic rings. The Kier molecular flexibility index (Phi) is 14.3. The molecule has 0 bridgehead atoms. The second-order valence-corrected chi connectivity index (χ2v) is 7.75. The number of aliphatic imine (C=N–C) groups is 1. The summed E-state index contributed by atoms with van der Waals surface area (Å²) in [7, 11) is 3.57. The van der Waals surface area contributed by atoms with Crippen molar-refractivity contribution in [3.05, 3.63) is 0 Å². The van der Waals surface area contributed by atoms with E-state index in [1.54, 1.807) is 7.11 Å². The molecular weight excluding hydrogens is 415 g/mol. The van der Waals surface area contributed by atoms with Crippen LogP contribution in [-0.2, 0) is 4.74 Å². The number of guanidine groups is 1. The molecule has 0 spiro atoms. The molecule has 2 N–H and O–H groups in total. The highest BCUT2D eigenvalue weighted by molar-refractivity contribution is 14.0. The third kappa shape index (κ3) is 10.7. The van der Waals surface area contributed by atoms with E-state index >= 15 is 0 Å². The number of nitrogens with zero attached hydrogens (tertiary/aromatic N) is 2. The summed E-state index contributed by atoms with van der Waals surface area (Å²) in [6.07, 6.45) is 1.25. The first-order chi connectivity index (χ1) is 10.6. The van der Waals surface area contributed by atoms with Crippen LogP contribution in [0.4, 0.5) is 0 Å². The lowest BCUT2D eigenvalue weighted by Crippen LogP contribution is -2.46. The highest BCUT2D eigenvalue weighted by atomic mass is 127. The lowest BCUT2D eigenvalue weighted by molar-refractivity contribution is 0.0205. The number of hydrogen-bond donors (Lipinski definition) is 2. The molecule has 1 unspecified atom stereocenters. The minimum atomic E-state index is 0. The maximum Gasteiger partial charge on any atom is 0.191 e. The summed E-state index contributed by atoms with van der Waals surface area (Å²) in [5.41, 5.74) is 0.107. The molecule has 0 aliphatic heterocycles. The van der Waals surface area contributed by atoms with Crippen LogP contribution < -0.4 is 10.6 Å². The van der Waals surface area contributed by atoms with Crippen molar-refractivity contribution in [2.75, 3.05) is 33.8 Å². The molecule has 24 heavy (non-hydrogen) atoms. The summed E-state index contributed by atoms with van der Waals surface area (Å²) in [5, 5.41) is 6.75. The van der Waals surface area contributed by atoms with Crippen molar-refractivity contribution in [3.63, 3.8) is 0 Å². The van der Waals surface area contributed by atoms with Gasteiger partial charge in [-0.05, 0) is 39.5 Å². The summed E-state index contributed by atoms with van der Waals surface area (Å²) < 4.78 is 5.57. The Hall–Kier alpha value is -0.0800. The molecule has 6 heteroatoms. The topological polar surface area (TPSA) is 48.9 Å². The number of hydrogen-bond acceptors (Lipinski definition) is 3. The average molecular weight is 456 g/mol. The third-order valence-corrected chi connectivity index (χ3v) is 4.14. The van der Waals surface area contributed by atoms with Crippen molar-refractivity contribution in [1.82, 2.24) is 15.5 Å². The molecule has 0 aromatic rings. The zero-order chi connectivity index (χ0) is 18.0. The SMILES string of the molecule is CN=C(NCCCN(C(C)C)C(C)C)NCC(OC)C(C)(C)C.I. The van der Waals surface area contributed by atoms with Gasteiger partial charge in [-0.25, -0.2) is 0 Å². The van der Waals surface area contributed by atoms with Crippen LogP contribution in [0.3, 0.4) is 0 Å². The average Bonchev–Trinajstić information content (AvgIpc) is 2.43. The van der Waals surface area contributed by atoms with Crippen LogP contribution in [0.15, 0.2) is 4.99 Å². The van der Waals surface area contributed by atoms with Crippen molar-refractivity contribution >= 4 is 29.9 Å². The standard InChI is InChI=1S/C18H40N4O.HI/c1-14(2)22(15(3)4)12-10-11-20-17(19-8)21-13-16(23-9)18(5,6)7;/h14-16H,10-13H2,1-9H3,(H2,19,20,21);1H. The van der Waals surface area contributed by atoms with Gasteiger partial charge in [-0.1, -0.05) is 20.8 Å². The maximum absolute atomic E-state index is 5.57. The predicted octanol–water partition coefficient (Wildman–Crippen LogP) is 3.34. The van der Waals surface area contributed by atoms with Crippen LogP contribution >= 0.6 is 24.0 Å². The summed E-state index contributed by atoms with van der Waals surface area (Å²) in [5.74, 6) is 0.844. The van der Waals surface area contributed by atoms with Crippen molar-refractivity contribution < 1.29 is 4.74 Å². The number of nitrogens with one attached hydrogen (secondary N) is 2. The Balaban J connectivity index is 0. The number of methoxy groups -OCH3 is 1. The molecule has 146 valence electrons. The van der Waals surface area contributed by atoms with E-state index in [4.69, 9.17) is 4.74 Å². The molecule has 0 radical (unpaired) electrons. The second-order valence-electron chi connectivity index (χ2n) is 7.75. The van der Waals surface area contributed by atoms with Crippen LogP contribution in [0.1, 0.15) is 54.9 Å². The molecule has 0 saturated heterocycles. The summed E-state index contributed by atoms with van der Waals surface area (Å²) in [4.78, 5) is 6.80. The summed E-state index contributed by atoms with van der Waals surface area (Å²) in [6.45, 7) is 18.4. The molecule has 0 aromatic carbocycles. The molecule has 5 nitrogen and oxygen atoms in total. The zero-order valence-corrected chi connectivity index (χ0v) is 19.6. The summed E-state index contributed by atoms with van der Waals surface area (Å²) >= 11 is 0. The Morgan fingerprint density at radius 3 is 2.00 bits per heavy atom. The third-order valence-electron chi connectivity index (χ3n) is 4.14. The van der Waals surface area contributed by atoms with Gasteiger partial charge in [-0.3, -0.25) is 9.89 Å². The Morgan fingerprint density at radius 2 is 1.62 bits per heavy atom. The van der Waals surface area contributed by atoms with Gasteiger partial charge in [0.15, 0.2) is 5.96 Å². The lowest BCUT2D eigenvalue weighted by Gasteiger charge is -2.31. The van der Waals surface area contributed by atoms with Crippen LogP contribution in [-0.4, -0.2) is 62.8 Å². The molecule has 0 amide bonds. The van der Waals surface area contributed by atoms with Crippen molar-refractivity contribution in [2.24, 2.45) is 10.4 Å². The van der Waals surface area contributed by atoms with E-state index in [0.717, 1.165) is 32.0 Å². The van der Waals surface area contributed by atoms with Crippen LogP contribution in [0.5, 0.6) is 0 Å². The van der Waals surface area contributed by atoms with E-state index in [1.807, 2.05) is 7.05 Å². The highest BCUT2D eigenvalue weighted by Gasteiger charge is 2.24. The minimum Gasteiger partial charge on any atom is -0.379 e. The first-order valence-corrected chi connectivity index (χ1v) is 8.86. The number of halogens is 1. The monoisotopic (exact) mass is 456 g/mol.